The molecule has 0 bridgehead atoms. The van der Waals surface area contributed by atoms with Crippen molar-refractivity contribution in [2.75, 3.05) is 70.6 Å². The predicted molar refractivity (Wildman–Crippen MR) is 245 cm³/mol. The van der Waals surface area contributed by atoms with Gasteiger partial charge in [-0.15, -0.1) is 0 Å². The van der Waals surface area contributed by atoms with E-state index in [1.54, 1.807) is 12.1 Å². The summed E-state index contributed by atoms with van der Waals surface area (Å²) in [5, 5.41) is 3.23. The van der Waals surface area contributed by atoms with Crippen LogP contribution in [0.3, 0.4) is 0 Å². The fourth-order valence-electron chi connectivity index (χ4n) is 10.8. The van der Waals surface area contributed by atoms with Crippen LogP contribution < -0.4 is 10.2 Å². The highest BCUT2D eigenvalue weighted by Crippen LogP contribution is 2.46. The number of imide groups is 2. The molecule has 0 radical (unpaired) electrons. The molecule has 4 aliphatic heterocycles. The average molecular weight is 885 g/mol. The Balaban J connectivity index is 0.680. The first kappa shape index (κ1) is 44.5. The molecule has 1 atom stereocenters. The summed E-state index contributed by atoms with van der Waals surface area (Å²) < 4.78 is 11.5. The number of aryl methyl sites for hydroxylation is 3. The zero-order valence-electron chi connectivity index (χ0n) is 38.1. The van der Waals surface area contributed by atoms with E-state index in [-0.39, 0.29) is 35.5 Å². The third-order valence-corrected chi connectivity index (χ3v) is 14.4. The number of carbonyl (C=O) groups is 6. The minimum Gasteiger partial charge on any atom is -0.379 e. The number of anilines is 1. The molecule has 9 rings (SSSR count). The van der Waals surface area contributed by atoms with Crippen LogP contribution in [0.5, 0.6) is 0 Å². The molecular weight excluding hydrogens is 825 g/mol. The molecule has 3 saturated heterocycles. The summed E-state index contributed by atoms with van der Waals surface area (Å²) >= 11 is 0. The van der Waals surface area contributed by atoms with Crippen LogP contribution in [0.2, 0.25) is 0 Å². The quantitative estimate of drug-likeness (QED) is 0.123. The van der Waals surface area contributed by atoms with Crippen LogP contribution in [-0.2, 0) is 42.1 Å². The fourth-order valence-corrected chi connectivity index (χ4v) is 10.8. The molecule has 0 spiro atoms. The number of hydrogen-bond donors (Lipinski definition) is 2. The van der Waals surface area contributed by atoms with Crippen molar-refractivity contribution in [1.82, 2.24) is 25.0 Å². The summed E-state index contributed by atoms with van der Waals surface area (Å²) in [5.41, 5.74) is 9.36. The highest BCUT2D eigenvalue weighted by atomic mass is 16.5. The maximum Gasteiger partial charge on any atom is 0.262 e. The number of carbonyl (C=O) groups excluding carboxylic acids is 6. The van der Waals surface area contributed by atoms with E-state index < -0.39 is 29.7 Å². The maximum absolute atomic E-state index is 14.1. The number of fused-ring (bicyclic) bond motifs is 5. The van der Waals surface area contributed by atoms with Crippen molar-refractivity contribution in [2.24, 2.45) is 0 Å². The maximum atomic E-state index is 14.1. The average Bonchev–Trinajstić information content (AvgIpc) is 3.82. The van der Waals surface area contributed by atoms with E-state index in [1.807, 2.05) is 11.0 Å². The van der Waals surface area contributed by atoms with Crippen molar-refractivity contribution in [1.29, 1.82) is 0 Å². The van der Waals surface area contributed by atoms with Gasteiger partial charge < -0.3 is 24.3 Å². The van der Waals surface area contributed by atoms with Gasteiger partial charge in [-0.3, -0.25) is 43.9 Å². The van der Waals surface area contributed by atoms with Gasteiger partial charge in [0, 0.05) is 91.6 Å². The molecule has 1 aromatic heterocycles. The molecule has 5 aliphatic rings. The lowest BCUT2D eigenvalue weighted by Crippen LogP contribution is -2.54. The molecule has 4 aromatic rings. The summed E-state index contributed by atoms with van der Waals surface area (Å²) in [6.07, 6.45) is 4.61. The highest BCUT2D eigenvalue weighted by Gasteiger charge is 2.46. The molecule has 1 unspecified atom stereocenters. The van der Waals surface area contributed by atoms with Crippen LogP contribution in [-0.4, -0.2) is 133 Å². The number of benzene rings is 3. The standard InChI is InChI=1S/C51H60N6O8/c1-5-32-29-37-38(51(3,4)47-45(46(37)60)35-12-11-31(2)28-39(35)52-47)30-41(32)55-18-15-34(16-19-55)54-20-22-56(23-21-54)43(59)17-25-65-27-26-64-24-7-9-33-8-6-10-36-44(33)50(63)57(49(36)62)40-13-14-42(58)53-48(40)61/h6,8,10-12,28-30,34,40,52H,5,7,9,13-27H2,1-4H3,(H,53,58,61). The molecule has 3 aromatic carbocycles. The van der Waals surface area contributed by atoms with Gasteiger partial charge in [-0.05, 0) is 92.0 Å². The zero-order chi connectivity index (χ0) is 45.6. The number of ketones is 1. The van der Waals surface area contributed by atoms with Gasteiger partial charge in [0.25, 0.3) is 11.8 Å². The number of piperazine rings is 1. The minimum atomic E-state index is -0.995. The van der Waals surface area contributed by atoms with Gasteiger partial charge in [-0.2, -0.15) is 0 Å². The van der Waals surface area contributed by atoms with Gasteiger partial charge in [0.2, 0.25) is 17.7 Å². The van der Waals surface area contributed by atoms with Crippen LogP contribution in [0.25, 0.3) is 10.9 Å². The van der Waals surface area contributed by atoms with Crippen molar-refractivity contribution in [3.05, 3.63) is 98.7 Å². The molecule has 3 fully saturated rings. The lowest BCUT2D eigenvalue weighted by molar-refractivity contribution is -0.136. The SMILES string of the molecule is CCc1cc2c(cc1N1CCC(N3CCN(C(=O)CCOCCOCCCc4cccc5c4C(=O)N(C4CCC(=O)NC4=O)C5=O)CC3)CC1)C(C)(C)c1[nH]c3cc(C)ccc3c1C2=O. The number of amides is 5. The smallest absolute Gasteiger partial charge is 0.262 e. The number of nitrogens with zero attached hydrogens (tertiary/aromatic N) is 4. The van der Waals surface area contributed by atoms with E-state index in [4.69, 9.17) is 9.47 Å². The van der Waals surface area contributed by atoms with Gasteiger partial charge in [0.05, 0.1) is 42.9 Å². The molecule has 65 heavy (non-hydrogen) atoms. The second-order valence-electron chi connectivity index (χ2n) is 18.8. The Morgan fingerprint density at radius 1 is 0.800 bits per heavy atom. The van der Waals surface area contributed by atoms with E-state index in [1.165, 1.54) is 16.8 Å². The van der Waals surface area contributed by atoms with Crippen LogP contribution in [0.15, 0.2) is 48.5 Å². The number of aromatic amines is 1. The second kappa shape index (κ2) is 18.3. The molecule has 5 heterocycles. The predicted octanol–water partition coefficient (Wildman–Crippen LogP) is 5.48. The lowest BCUT2D eigenvalue weighted by atomic mass is 9.70. The first-order chi connectivity index (χ1) is 31.3. The first-order valence-electron chi connectivity index (χ1n) is 23.5. The van der Waals surface area contributed by atoms with E-state index in [2.05, 4.69) is 78.1 Å². The first-order valence-corrected chi connectivity index (χ1v) is 23.5. The van der Waals surface area contributed by atoms with Crippen molar-refractivity contribution < 1.29 is 38.2 Å². The third-order valence-electron chi connectivity index (χ3n) is 14.4. The van der Waals surface area contributed by atoms with Crippen molar-refractivity contribution in [2.45, 2.75) is 96.6 Å². The molecule has 14 heteroatoms. The molecule has 5 amide bonds. The number of piperidine rings is 2. The summed E-state index contributed by atoms with van der Waals surface area (Å²) in [7, 11) is 0. The van der Waals surface area contributed by atoms with Crippen LogP contribution in [0.4, 0.5) is 5.69 Å². The van der Waals surface area contributed by atoms with Crippen molar-refractivity contribution in [3.63, 3.8) is 0 Å². The van der Waals surface area contributed by atoms with Crippen molar-refractivity contribution in [3.8, 4) is 0 Å². The Kier molecular flexibility index (Phi) is 12.5. The molecule has 0 saturated carbocycles. The Hall–Kier alpha value is -5.70. The van der Waals surface area contributed by atoms with Crippen molar-refractivity contribution >= 4 is 51.9 Å². The zero-order valence-corrected chi connectivity index (χ0v) is 38.1. The Bertz CT molecular complexity index is 2560. The van der Waals surface area contributed by atoms with Gasteiger partial charge in [0.15, 0.2) is 5.78 Å². The number of aromatic nitrogens is 1. The fraction of sp³-hybridized carbons (Fsp3) is 0.490. The van der Waals surface area contributed by atoms with Gasteiger partial charge in [-0.1, -0.05) is 45.0 Å². The van der Waals surface area contributed by atoms with Crippen LogP contribution in [0, 0.1) is 6.92 Å². The molecule has 14 nitrogen and oxygen atoms in total. The monoisotopic (exact) mass is 884 g/mol. The summed E-state index contributed by atoms with van der Waals surface area (Å²) in [6.45, 7) is 15.3. The number of nitrogens with one attached hydrogen (secondary N) is 2. The number of rotatable bonds is 14. The topological polar surface area (TPSA) is 162 Å². The Labute approximate surface area is 380 Å². The van der Waals surface area contributed by atoms with E-state index in [0.717, 1.165) is 89.2 Å². The van der Waals surface area contributed by atoms with Gasteiger partial charge in [-0.25, -0.2) is 0 Å². The number of hydrogen-bond acceptors (Lipinski definition) is 10. The lowest BCUT2D eigenvalue weighted by Gasteiger charge is -2.44. The van der Waals surface area contributed by atoms with Gasteiger partial charge in [0.1, 0.15) is 6.04 Å². The summed E-state index contributed by atoms with van der Waals surface area (Å²) in [4.78, 5) is 89.4. The molecule has 1 aliphatic carbocycles. The highest BCUT2D eigenvalue weighted by molar-refractivity contribution is 6.24. The Morgan fingerprint density at radius 2 is 1.55 bits per heavy atom. The third kappa shape index (κ3) is 8.40. The minimum absolute atomic E-state index is 0.0750. The number of ether oxygens (including phenoxy) is 2. The van der Waals surface area contributed by atoms with Crippen LogP contribution in [0.1, 0.15) is 124 Å². The normalized spacial score (nSPS) is 20.1. The summed E-state index contributed by atoms with van der Waals surface area (Å²) in [6, 6.07) is 15.4. The molecule has 342 valence electrons. The summed E-state index contributed by atoms with van der Waals surface area (Å²) in [5.74, 6) is -1.83. The van der Waals surface area contributed by atoms with Gasteiger partial charge >= 0.3 is 0 Å². The molecular formula is C51H60N6O8. The van der Waals surface area contributed by atoms with E-state index >= 15 is 0 Å². The van der Waals surface area contributed by atoms with E-state index in [9.17, 15) is 28.8 Å². The second-order valence-corrected chi connectivity index (χ2v) is 18.8. The Morgan fingerprint density at radius 3 is 2.29 bits per heavy atom. The van der Waals surface area contributed by atoms with Crippen LogP contribution >= 0.6 is 0 Å². The number of H-pyrrole nitrogens is 1. The largest absolute Gasteiger partial charge is 0.379 e. The van der Waals surface area contributed by atoms with E-state index in [0.29, 0.717) is 70.4 Å². The molecule has 2 N–H and O–H groups in total.